The molecule has 0 aliphatic carbocycles. The Bertz CT molecular complexity index is 402. The van der Waals surface area contributed by atoms with E-state index in [1.165, 1.54) is 12.8 Å². The van der Waals surface area contributed by atoms with E-state index >= 15 is 0 Å². The lowest BCUT2D eigenvalue weighted by Gasteiger charge is -2.20. The third-order valence-electron chi connectivity index (χ3n) is 2.68. The summed E-state index contributed by atoms with van der Waals surface area (Å²) >= 11 is 9.98. The zero-order valence-corrected chi connectivity index (χ0v) is 12.4. The van der Waals surface area contributed by atoms with E-state index in [1.54, 1.807) is 17.8 Å². The number of thioether (sulfide) groups is 1. The predicted octanol–water partition coefficient (Wildman–Crippen LogP) is 4.41. The summed E-state index contributed by atoms with van der Waals surface area (Å²) in [5, 5.41) is 0.817. The van der Waals surface area contributed by atoms with Gasteiger partial charge in [0.05, 0.1) is 10.3 Å². The number of benzene rings is 1. The van der Waals surface area contributed by atoms with Gasteiger partial charge in [-0.3, -0.25) is 4.79 Å². The summed E-state index contributed by atoms with van der Waals surface area (Å²) < 4.78 is 0.993. The van der Waals surface area contributed by atoms with Gasteiger partial charge in [-0.15, -0.1) is 0 Å². The van der Waals surface area contributed by atoms with E-state index in [1.807, 2.05) is 12.1 Å². The normalized spacial score (nSPS) is 20.8. The van der Waals surface area contributed by atoms with Gasteiger partial charge in [-0.1, -0.05) is 24.1 Å². The Kier molecular flexibility index (Phi) is 4.56. The lowest BCUT2D eigenvalue weighted by molar-refractivity contribution is 0.0985. The molecule has 1 heterocycles. The fraction of sp³-hybridized carbons (Fsp3) is 0.417. The third kappa shape index (κ3) is 2.93. The molecule has 1 nitrogen and oxygen atoms in total. The molecule has 1 aliphatic heterocycles. The molecular formula is C12H12ClIOS. The molecule has 86 valence electrons. The van der Waals surface area contributed by atoms with E-state index in [2.05, 4.69) is 22.6 Å². The zero-order valence-electron chi connectivity index (χ0n) is 8.71. The molecule has 0 spiro atoms. The Morgan fingerprint density at radius 1 is 1.44 bits per heavy atom. The van der Waals surface area contributed by atoms with Crippen LogP contribution in [-0.4, -0.2) is 16.8 Å². The monoisotopic (exact) mass is 366 g/mol. The van der Waals surface area contributed by atoms with E-state index < -0.39 is 0 Å². The molecule has 1 saturated heterocycles. The van der Waals surface area contributed by atoms with Crippen LogP contribution >= 0.6 is 46.0 Å². The summed E-state index contributed by atoms with van der Waals surface area (Å²) in [6.07, 6.45) is 3.41. The highest BCUT2D eigenvalue weighted by Gasteiger charge is 2.23. The molecule has 0 radical (unpaired) electrons. The van der Waals surface area contributed by atoms with Crippen molar-refractivity contribution < 1.29 is 4.79 Å². The first-order chi connectivity index (χ1) is 7.68. The quantitative estimate of drug-likeness (QED) is 0.569. The number of carbonyl (C=O) groups is 1. The van der Waals surface area contributed by atoms with Gasteiger partial charge in [-0.05, 0) is 53.3 Å². The fourth-order valence-electron chi connectivity index (χ4n) is 1.78. The Morgan fingerprint density at radius 2 is 2.25 bits per heavy atom. The molecule has 0 saturated carbocycles. The minimum Gasteiger partial charge on any atom is -0.293 e. The van der Waals surface area contributed by atoms with Crippen molar-refractivity contribution in [2.75, 3.05) is 5.75 Å². The lowest BCUT2D eigenvalue weighted by Crippen LogP contribution is -2.20. The Hall–Kier alpha value is 0.260. The molecule has 2 rings (SSSR count). The van der Waals surface area contributed by atoms with Crippen molar-refractivity contribution in [2.45, 2.75) is 24.5 Å². The average Bonchev–Trinajstić information content (AvgIpc) is 2.33. The number of carbonyl (C=O) groups excluding carboxylic acids is 1. The lowest BCUT2D eigenvalue weighted by atomic mass is 10.0. The maximum Gasteiger partial charge on any atom is 0.175 e. The van der Waals surface area contributed by atoms with Crippen LogP contribution in [0.2, 0.25) is 5.02 Å². The first kappa shape index (κ1) is 12.7. The topological polar surface area (TPSA) is 17.1 Å². The minimum atomic E-state index is 0.143. The number of hydrogen-bond acceptors (Lipinski definition) is 2. The number of halogens is 2. The molecule has 1 aliphatic rings. The van der Waals surface area contributed by atoms with Gasteiger partial charge in [0.2, 0.25) is 0 Å². The van der Waals surface area contributed by atoms with Crippen LogP contribution in [-0.2, 0) is 0 Å². The SMILES string of the molecule is O=C(c1ccc(I)c(Cl)c1)C1CCCCS1. The third-order valence-corrected chi connectivity index (χ3v) is 5.62. The zero-order chi connectivity index (χ0) is 11.5. The number of rotatable bonds is 2. The average molecular weight is 367 g/mol. The second-order valence-corrected chi connectivity index (χ2v) is 6.73. The highest BCUT2D eigenvalue weighted by molar-refractivity contribution is 14.1. The molecule has 1 unspecified atom stereocenters. The largest absolute Gasteiger partial charge is 0.293 e. The van der Waals surface area contributed by atoms with E-state index in [-0.39, 0.29) is 11.0 Å². The van der Waals surface area contributed by atoms with Crippen molar-refractivity contribution in [3.8, 4) is 0 Å². The van der Waals surface area contributed by atoms with E-state index in [4.69, 9.17) is 11.6 Å². The van der Waals surface area contributed by atoms with Crippen LogP contribution in [0.4, 0.5) is 0 Å². The highest BCUT2D eigenvalue weighted by Crippen LogP contribution is 2.29. The Morgan fingerprint density at radius 3 is 2.88 bits per heavy atom. The molecule has 1 aromatic carbocycles. The van der Waals surface area contributed by atoms with Crippen LogP contribution in [0.3, 0.4) is 0 Å². The fourth-order valence-corrected chi connectivity index (χ4v) is 3.57. The van der Waals surface area contributed by atoms with Gasteiger partial charge >= 0.3 is 0 Å². The van der Waals surface area contributed by atoms with Crippen molar-refractivity contribution in [3.05, 3.63) is 32.4 Å². The number of Topliss-reactive ketones (excluding diaryl/α,β-unsaturated/α-hetero) is 1. The number of ketones is 1. The van der Waals surface area contributed by atoms with Crippen LogP contribution in [0.5, 0.6) is 0 Å². The summed E-state index contributed by atoms with van der Waals surface area (Å²) in [7, 11) is 0. The van der Waals surface area contributed by atoms with Crippen LogP contribution in [0.25, 0.3) is 0 Å². The molecule has 0 N–H and O–H groups in total. The molecule has 1 fully saturated rings. The van der Waals surface area contributed by atoms with Crippen LogP contribution in [0, 0.1) is 3.57 Å². The predicted molar refractivity (Wildman–Crippen MR) is 78.6 cm³/mol. The van der Waals surface area contributed by atoms with E-state index in [9.17, 15) is 4.79 Å². The molecule has 1 atom stereocenters. The summed E-state index contributed by atoms with van der Waals surface area (Å²) in [6.45, 7) is 0. The molecule has 0 aromatic heterocycles. The van der Waals surface area contributed by atoms with Crippen molar-refractivity contribution in [1.82, 2.24) is 0 Å². The smallest absolute Gasteiger partial charge is 0.175 e. The van der Waals surface area contributed by atoms with Gasteiger partial charge in [0, 0.05) is 9.13 Å². The Labute approximate surface area is 118 Å². The minimum absolute atomic E-state index is 0.143. The molecular weight excluding hydrogens is 355 g/mol. The van der Waals surface area contributed by atoms with E-state index in [0.29, 0.717) is 5.02 Å². The molecule has 16 heavy (non-hydrogen) atoms. The second-order valence-electron chi connectivity index (χ2n) is 3.85. The maximum atomic E-state index is 12.2. The first-order valence-electron chi connectivity index (χ1n) is 5.29. The molecule has 1 aromatic rings. The number of hydrogen-bond donors (Lipinski definition) is 0. The Balaban J connectivity index is 2.16. The molecule has 0 bridgehead atoms. The maximum absolute atomic E-state index is 12.2. The summed E-state index contributed by atoms with van der Waals surface area (Å²) in [4.78, 5) is 12.2. The van der Waals surface area contributed by atoms with Gasteiger partial charge in [0.1, 0.15) is 0 Å². The summed E-state index contributed by atoms with van der Waals surface area (Å²) in [5.41, 5.74) is 0.754. The van der Waals surface area contributed by atoms with Gasteiger partial charge in [-0.25, -0.2) is 0 Å². The van der Waals surface area contributed by atoms with Crippen molar-refractivity contribution >= 4 is 51.7 Å². The standard InChI is InChI=1S/C12H12ClIOS/c13-9-7-8(4-5-10(9)14)12(15)11-3-1-2-6-16-11/h4-5,7,11H,1-3,6H2. The summed E-state index contributed by atoms with van der Waals surface area (Å²) in [6, 6.07) is 5.58. The summed E-state index contributed by atoms with van der Waals surface area (Å²) in [5.74, 6) is 1.34. The van der Waals surface area contributed by atoms with Crippen LogP contribution < -0.4 is 0 Å². The van der Waals surface area contributed by atoms with Crippen molar-refractivity contribution in [1.29, 1.82) is 0 Å². The van der Waals surface area contributed by atoms with E-state index in [0.717, 1.165) is 21.3 Å². The van der Waals surface area contributed by atoms with Gasteiger partial charge in [0.15, 0.2) is 5.78 Å². The first-order valence-corrected chi connectivity index (χ1v) is 7.80. The van der Waals surface area contributed by atoms with Crippen molar-refractivity contribution in [2.24, 2.45) is 0 Å². The molecule has 0 amide bonds. The van der Waals surface area contributed by atoms with Crippen molar-refractivity contribution in [3.63, 3.8) is 0 Å². The van der Waals surface area contributed by atoms with Gasteiger partial charge < -0.3 is 0 Å². The van der Waals surface area contributed by atoms with Gasteiger partial charge in [-0.2, -0.15) is 11.8 Å². The van der Waals surface area contributed by atoms with Crippen LogP contribution in [0.1, 0.15) is 29.6 Å². The highest BCUT2D eigenvalue weighted by atomic mass is 127. The molecule has 4 heteroatoms. The second kappa shape index (κ2) is 5.74. The van der Waals surface area contributed by atoms with Gasteiger partial charge in [0.25, 0.3) is 0 Å². The van der Waals surface area contributed by atoms with Crippen LogP contribution in [0.15, 0.2) is 18.2 Å².